The van der Waals surface area contributed by atoms with Crippen LogP contribution in [0.25, 0.3) is 6.08 Å². The summed E-state index contributed by atoms with van der Waals surface area (Å²) in [6.45, 7) is 0.311. The van der Waals surface area contributed by atoms with Crippen molar-refractivity contribution < 1.29 is 18.4 Å². The lowest BCUT2D eigenvalue weighted by molar-refractivity contribution is -0.130. The van der Waals surface area contributed by atoms with Gasteiger partial charge in [-0.15, -0.1) is 0 Å². The van der Waals surface area contributed by atoms with Crippen LogP contribution in [0.4, 0.5) is 14.5 Å². The normalized spacial score (nSPS) is 19.8. The summed E-state index contributed by atoms with van der Waals surface area (Å²) in [5.41, 5.74) is 0.660. The zero-order valence-electron chi connectivity index (χ0n) is 13.2. The van der Waals surface area contributed by atoms with Crippen molar-refractivity contribution in [2.24, 2.45) is 11.8 Å². The lowest BCUT2D eigenvalue weighted by Gasteiger charge is -2.14. The van der Waals surface area contributed by atoms with Crippen LogP contribution in [0.3, 0.4) is 0 Å². The summed E-state index contributed by atoms with van der Waals surface area (Å²) in [6.07, 6.45) is 3.60. The maximum atomic E-state index is 13.7. The average Bonchev–Trinajstić information content (AvgIpc) is 2.99. The molecule has 0 saturated carbocycles. The second-order valence-electron chi connectivity index (χ2n) is 5.75. The smallest absolute Gasteiger partial charge is 0.237 e. The van der Waals surface area contributed by atoms with Gasteiger partial charge in [0.05, 0.1) is 5.69 Å². The molecule has 0 radical (unpaired) electrons. The van der Waals surface area contributed by atoms with Crippen LogP contribution in [0.15, 0.2) is 54.6 Å². The molecule has 2 unspecified atom stereocenters. The number of benzene rings is 2. The number of carbonyl (C=O) groups is 2. The Bertz CT molecular complexity index is 821. The van der Waals surface area contributed by atoms with Crippen LogP contribution in [-0.2, 0) is 9.59 Å². The largest absolute Gasteiger partial charge is 0.355 e. The number of amides is 2. The number of hydrogen-bond acceptors (Lipinski definition) is 2. The molecule has 0 spiro atoms. The fraction of sp³-hybridized carbons (Fsp3) is 0.158. The first-order valence-corrected chi connectivity index (χ1v) is 7.82. The third-order valence-electron chi connectivity index (χ3n) is 4.05. The third kappa shape index (κ3) is 3.74. The third-order valence-corrected chi connectivity index (χ3v) is 4.05. The Balaban J connectivity index is 1.76. The number of halogens is 2. The Morgan fingerprint density at radius 1 is 1.12 bits per heavy atom. The van der Waals surface area contributed by atoms with E-state index >= 15 is 0 Å². The Morgan fingerprint density at radius 2 is 1.88 bits per heavy atom. The summed E-state index contributed by atoms with van der Waals surface area (Å²) in [6, 6.07) is 13.0. The summed E-state index contributed by atoms with van der Waals surface area (Å²) in [4.78, 5) is 24.4. The maximum absolute atomic E-state index is 13.7. The first-order valence-electron chi connectivity index (χ1n) is 7.82. The van der Waals surface area contributed by atoms with Crippen molar-refractivity contribution >= 4 is 23.6 Å². The van der Waals surface area contributed by atoms with E-state index in [2.05, 4.69) is 10.6 Å². The molecule has 1 heterocycles. The molecule has 128 valence electrons. The van der Waals surface area contributed by atoms with Crippen LogP contribution >= 0.6 is 0 Å². The molecule has 0 bridgehead atoms. The van der Waals surface area contributed by atoms with Crippen LogP contribution in [0.1, 0.15) is 5.56 Å². The molecule has 2 aromatic rings. The predicted octanol–water partition coefficient (Wildman–Crippen LogP) is 2.98. The number of anilines is 1. The predicted molar refractivity (Wildman–Crippen MR) is 90.5 cm³/mol. The van der Waals surface area contributed by atoms with E-state index in [1.807, 2.05) is 36.4 Å². The number of carbonyl (C=O) groups excluding carboxylic acids is 2. The Labute approximate surface area is 143 Å². The van der Waals surface area contributed by atoms with Gasteiger partial charge in [0.2, 0.25) is 11.8 Å². The first-order chi connectivity index (χ1) is 12.1. The lowest BCUT2D eigenvalue weighted by atomic mass is 9.93. The van der Waals surface area contributed by atoms with Gasteiger partial charge in [-0.3, -0.25) is 9.59 Å². The molecule has 25 heavy (non-hydrogen) atoms. The van der Waals surface area contributed by atoms with E-state index in [1.54, 1.807) is 6.08 Å². The number of hydrogen-bond donors (Lipinski definition) is 2. The molecule has 2 N–H and O–H groups in total. The van der Waals surface area contributed by atoms with Crippen molar-refractivity contribution in [1.29, 1.82) is 0 Å². The minimum atomic E-state index is -1.15. The topological polar surface area (TPSA) is 58.2 Å². The highest BCUT2D eigenvalue weighted by Gasteiger charge is 2.39. The molecule has 1 aliphatic heterocycles. The summed E-state index contributed by atoms with van der Waals surface area (Å²) in [5, 5.41) is 4.93. The molecule has 2 amide bonds. The Hall–Kier alpha value is -3.02. The van der Waals surface area contributed by atoms with Gasteiger partial charge in [-0.2, -0.15) is 0 Å². The van der Waals surface area contributed by atoms with Crippen molar-refractivity contribution in [3.8, 4) is 0 Å². The zero-order chi connectivity index (χ0) is 17.8. The molecular weight excluding hydrogens is 326 g/mol. The summed E-state index contributed by atoms with van der Waals surface area (Å²) < 4.78 is 27.0. The van der Waals surface area contributed by atoms with Crippen molar-refractivity contribution in [2.45, 2.75) is 0 Å². The SMILES string of the molecule is O=C1NCC(/C=C/c2ccccc2)C1C(=O)Nc1cccc(F)c1F. The van der Waals surface area contributed by atoms with E-state index in [9.17, 15) is 18.4 Å². The van der Waals surface area contributed by atoms with Gasteiger partial charge in [0.15, 0.2) is 11.6 Å². The van der Waals surface area contributed by atoms with E-state index in [0.717, 1.165) is 11.6 Å². The summed E-state index contributed by atoms with van der Waals surface area (Å²) in [5.74, 6) is -4.67. The molecule has 2 atom stereocenters. The van der Waals surface area contributed by atoms with Crippen molar-refractivity contribution in [3.05, 3.63) is 71.8 Å². The van der Waals surface area contributed by atoms with E-state index in [4.69, 9.17) is 0 Å². The highest BCUT2D eigenvalue weighted by molar-refractivity contribution is 6.08. The van der Waals surface area contributed by atoms with Crippen LogP contribution < -0.4 is 10.6 Å². The molecular formula is C19H16F2N2O2. The Kier molecular flexibility index (Phi) is 4.88. The molecule has 6 heteroatoms. The molecule has 4 nitrogen and oxygen atoms in total. The minimum absolute atomic E-state index is 0.282. The van der Waals surface area contributed by atoms with Crippen LogP contribution in [0.5, 0.6) is 0 Å². The molecule has 0 aromatic heterocycles. The number of nitrogens with one attached hydrogen (secondary N) is 2. The second-order valence-corrected chi connectivity index (χ2v) is 5.75. The van der Waals surface area contributed by atoms with Gasteiger partial charge in [0, 0.05) is 12.5 Å². The second kappa shape index (κ2) is 7.25. The molecule has 3 rings (SSSR count). The van der Waals surface area contributed by atoms with Gasteiger partial charge < -0.3 is 10.6 Å². The molecule has 0 aliphatic carbocycles. The van der Waals surface area contributed by atoms with Gasteiger partial charge in [-0.25, -0.2) is 8.78 Å². The van der Waals surface area contributed by atoms with E-state index in [1.165, 1.54) is 12.1 Å². The van der Waals surface area contributed by atoms with Crippen molar-refractivity contribution in [2.75, 3.05) is 11.9 Å². The highest BCUT2D eigenvalue weighted by Crippen LogP contribution is 2.24. The van der Waals surface area contributed by atoms with Crippen LogP contribution in [0, 0.1) is 23.5 Å². The van der Waals surface area contributed by atoms with Crippen molar-refractivity contribution in [3.63, 3.8) is 0 Å². The van der Waals surface area contributed by atoms with E-state index in [-0.39, 0.29) is 11.6 Å². The summed E-state index contributed by atoms with van der Waals surface area (Å²) in [7, 11) is 0. The van der Waals surface area contributed by atoms with Gasteiger partial charge >= 0.3 is 0 Å². The molecule has 1 aliphatic rings. The van der Waals surface area contributed by atoms with Crippen molar-refractivity contribution in [1.82, 2.24) is 5.32 Å². The van der Waals surface area contributed by atoms with Gasteiger partial charge in [0.1, 0.15) is 5.92 Å². The van der Waals surface area contributed by atoms with Gasteiger partial charge in [-0.1, -0.05) is 48.6 Å². The first kappa shape index (κ1) is 16.8. The number of rotatable bonds is 4. The average molecular weight is 342 g/mol. The zero-order valence-corrected chi connectivity index (χ0v) is 13.2. The standard InChI is InChI=1S/C19H16F2N2O2/c20-14-7-4-8-15(17(14)21)23-19(25)16-13(11-22-18(16)24)10-9-12-5-2-1-3-6-12/h1-10,13,16H,11H2,(H,22,24)(H,23,25)/b10-9+. The van der Waals surface area contributed by atoms with E-state index < -0.39 is 29.4 Å². The fourth-order valence-corrected chi connectivity index (χ4v) is 2.74. The fourth-order valence-electron chi connectivity index (χ4n) is 2.74. The van der Waals surface area contributed by atoms with Crippen LogP contribution in [-0.4, -0.2) is 18.4 Å². The lowest BCUT2D eigenvalue weighted by Crippen LogP contribution is -2.32. The monoisotopic (exact) mass is 342 g/mol. The molecule has 1 saturated heterocycles. The highest BCUT2D eigenvalue weighted by atomic mass is 19.2. The van der Waals surface area contributed by atoms with Gasteiger partial charge in [-0.05, 0) is 17.7 Å². The maximum Gasteiger partial charge on any atom is 0.237 e. The Morgan fingerprint density at radius 3 is 2.64 bits per heavy atom. The quantitative estimate of drug-likeness (QED) is 0.840. The molecule has 1 fully saturated rings. The minimum Gasteiger partial charge on any atom is -0.355 e. The van der Waals surface area contributed by atoms with E-state index in [0.29, 0.717) is 6.54 Å². The summed E-state index contributed by atoms with van der Waals surface area (Å²) >= 11 is 0. The van der Waals surface area contributed by atoms with Crippen LogP contribution in [0.2, 0.25) is 0 Å². The van der Waals surface area contributed by atoms with Gasteiger partial charge in [0.25, 0.3) is 0 Å². The molecule has 2 aromatic carbocycles.